The summed E-state index contributed by atoms with van der Waals surface area (Å²) in [6.07, 6.45) is 1.33. The fourth-order valence-corrected chi connectivity index (χ4v) is 2.86. The van der Waals surface area contributed by atoms with Crippen molar-refractivity contribution in [3.05, 3.63) is 40.5 Å². The summed E-state index contributed by atoms with van der Waals surface area (Å²) in [4.78, 5) is 14.2. The maximum absolute atomic E-state index is 12.3. The van der Waals surface area contributed by atoms with E-state index in [2.05, 4.69) is 19.0 Å². The fraction of sp³-hybridized carbons (Fsp3) is 0.412. The molecule has 1 aliphatic rings. The van der Waals surface area contributed by atoms with Crippen LogP contribution >= 0.6 is 11.6 Å². The van der Waals surface area contributed by atoms with Crippen LogP contribution in [0.4, 0.5) is 0 Å². The number of hydrogen-bond acceptors (Lipinski definition) is 3. The molecule has 4 nitrogen and oxygen atoms in total. The Hall–Kier alpha value is -1.81. The van der Waals surface area contributed by atoms with Crippen LogP contribution in [0.5, 0.6) is 0 Å². The van der Waals surface area contributed by atoms with E-state index in [0.29, 0.717) is 30.5 Å². The van der Waals surface area contributed by atoms with Crippen LogP contribution in [-0.2, 0) is 17.8 Å². The van der Waals surface area contributed by atoms with Crippen LogP contribution in [-0.4, -0.2) is 22.5 Å². The maximum atomic E-state index is 12.3. The molecule has 0 N–H and O–H groups in total. The second-order valence-electron chi connectivity index (χ2n) is 6.11. The van der Waals surface area contributed by atoms with Crippen molar-refractivity contribution in [1.29, 1.82) is 0 Å². The molecular weight excluding hydrogens is 300 g/mol. The van der Waals surface area contributed by atoms with Crippen LogP contribution < -0.4 is 0 Å². The maximum Gasteiger partial charge on any atom is 0.223 e. The molecule has 1 amide bonds. The second kappa shape index (κ2) is 6.13. The van der Waals surface area contributed by atoms with Crippen molar-refractivity contribution in [2.45, 2.75) is 33.2 Å². The smallest absolute Gasteiger partial charge is 0.223 e. The summed E-state index contributed by atoms with van der Waals surface area (Å²) >= 11 is 5.93. The zero-order valence-electron chi connectivity index (χ0n) is 12.8. The first kappa shape index (κ1) is 15.1. The van der Waals surface area contributed by atoms with Gasteiger partial charge >= 0.3 is 0 Å². The van der Waals surface area contributed by atoms with Crippen LogP contribution in [0.25, 0.3) is 11.3 Å². The van der Waals surface area contributed by atoms with E-state index in [1.807, 2.05) is 29.2 Å². The van der Waals surface area contributed by atoms with Gasteiger partial charge in [0, 0.05) is 35.5 Å². The Kier molecular flexibility index (Phi) is 4.21. The number of halogens is 1. The lowest BCUT2D eigenvalue weighted by atomic mass is 10.0. The van der Waals surface area contributed by atoms with Gasteiger partial charge < -0.3 is 9.42 Å². The molecule has 116 valence electrons. The standard InChI is InChI=1S/C17H19ClN2O2/c1-11(2)9-16(21)20-8-7-15-14(10-20)17(22-19-15)12-3-5-13(18)6-4-12/h3-6,11H,7-10H2,1-2H3. The van der Waals surface area contributed by atoms with Gasteiger partial charge in [-0.2, -0.15) is 0 Å². The summed E-state index contributed by atoms with van der Waals surface area (Å²) in [5, 5.41) is 4.85. The highest BCUT2D eigenvalue weighted by Crippen LogP contribution is 2.31. The van der Waals surface area contributed by atoms with Crippen molar-refractivity contribution in [3.63, 3.8) is 0 Å². The number of benzene rings is 1. The summed E-state index contributed by atoms with van der Waals surface area (Å²) in [6, 6.07) is 7.49. The number of fused-ring (bicyclic) bond motifs is 1. The Morgan fingerprint density at radius 1 is 1.36 bits per heavy atom. The van der Waals surface area contributed by atoms with Gasteiger partial charge in [-0.3, -0.25) is 4.79 Å². The minimum absolute atomic E-state index is 0.198. The van der Waals surface area contributed by atoms with E-state index in [9.17, 15) is 4.79 Å². The molecule has 0 spiro atoms. The number of nitrogens with zero attached hydrogens (tertiary/aromatic N) is 2. The SMILES string of the molecule is CC(C)CC(=O)N1CCc2noc(-c3ccc(Cl)cc3)c2C1. The molecule has 0 radical (unpaired) electrons. The lowest BCUT2D eigenvalue weighted by molar-refractivity contribution is -0.132. The highest BCUT2D eigenvalue weighted by atomic mass is 35.5. The Bertz CT molecular complexity index is 676. The molecule has 0 unspecified atom stereocenters. The Labute approximate surface area is 135 Å². The lowest BCUT2D eigenvalue weighted by Gasteiger charge is -2.27. The third kappa shape index (κ3) is 3.02. The minimum Gasteiger partial charge on any atom is -0.356 e. The summed E-state index contributed by atoms with van der Waals surface area (Å²) in [6.45, 7) is 5.41. The first-order valence-electron chi connectivity index (χ1n) is 7.55. The monoisotopic (exact) mass is 318 g/mol. The van der Waals surface area contributed by atoms with Crippen molar-refractivity contribution in [2.24, 2.45) is 5.92 Å². The quantitative estimate of drug-likeness (QED) is 0.861. The Balaban J connectivity index is 1.85. The third-order valence-electron chi connectivity index (χ3n) is 3.88. The van der Waals surface area contributed by atoms with Gasteiger partial charge in [-0.25, -0.2) is 0 Å². The van der Waals surface area contributed by atoms with Crippen molar-refractivity contribution in [1.82, 2.24) is 10.1 Å². The van der Waals surface area contributed by atoms with Crippen LogP contribution in [0.1, 0.15) is 31.5 Å². The summed E-state index contributed by atoms with van der Waals surface area (Å²) in [7, 11) is 0. The van der Waals surface area contributed by atoms with Gasteiger partial charge in [-0.05, 0) is 30.2 Å². The van der Waals surface area contributed by atoms with Crippen LogP contribution in [0.15, 0.2) is 28.8 Å². The average molecular weight is 319 g/mol. The predicted octanol–water partition coefficient (Wildman–Crippen LogP) is 3.93. The van der Waals surface area contributed by atoms with Crippen LogP contribution in [0.2, 0.25) is 5.02 Å². The van der Waals surface area contributed by atoms with Crippen molar-refractivity contribution in [3.8, 4) is 11.3 Å². The zero-order valence-corrected chi connectivity index (χ0v) is 13.6. The second-order valence-corrected chi connectivity index (χ2v) is 6.54. The van der Waals surface area contributed by atoms with E-state index in [1.54, 1.807) is 0 Å². The van der Waals surface area contributed by atoms with E-state index in [1.165, 1.54) is 0 Å². The summed E-state index contributed by atoms with van der Waals surface area (Å²) in [5.41, 5.74) is 2.92. The highest BCUT2D eigenvalue weighted by Gasteiger charge is 2.27. The normalized spacial score (nSPS) is 14.3. The fourth-order valence-electron chi connectivity index (χ4n) is 2.73. The third-order valence-corrected chi connectivity index (χ3v) is 4.13. The molecule has 22 heavy (non-hydrogen) atoms. The first-order valence-corrected chi connectivity index (χ1v) is 7.93. The largest absolute Gasteiger partial charge is 0.356 e. The zero-order chi connectivity index (χ0) is 15.7. The molecule has 1 aromatic carbocycles. The van der Waals surface area contributed by atoms with Gasteiger partial charge in [0.1, 0.15) is 0 Å². The van der Waals surface area contributed by atoms with Gasteiger partial charge in [-0.15, -0.1) is 0 Å². The van der Waals surface area contributed by atoms with E-state index >= 15 is 0 Å². The molecule has 1 aromatic heterocycles. The topological polar surface area (TPSA) is 46.3 Å². The minimum atomic E-state index is 0.198. The predicted molar refractivity (Wildman–Crippen MR) is 85.5 cm³/mol. The van der Waals surface area contributed by atoms with Gasteiger partial charge in [-0.1, -0.05) is 30.6 Å². The van der Waals surface area contributed by atoms with E-state index in [0.717, 1.165) is 29.0 Å². The van der Waals surface area contributed by atoms with Crippen molar-refractivity contribution >= 4 is 17.5 Å². The van der Waals surface area contributed by atoms with Gasteiger partial charge in [0.05, 0.1) is 12.2 Å². The molecule has 2 heterocycles. The summed E-state index contributed by atoms with van der Waals surface area (Å²) < 4.78 is 5.52. The Morgan fingerprint density at radius 2 is 2.09 bits per heavy atom. The Morgan fingerprint density at radius 3 is 2.77 bits per heavy atom. The number of carbonyl (C=O) groups is 1. The number of amides is 1. The first-order chi connectivity index (χ1) is 10.5. The molecule has 0 fully saturated rings. The molecule has 3 rings (SSSR count). The van der Waals surface area contributed by atoms with Crippen LogP contribution in [0.3, 0.4) is 0 Å². The molecule has 2 aromatic rings. The molecule has 0 aliphatic carbocycles. The molecule has 0 bridgehead atoms. The number of carbonyl (C=O) groups excluding carboxylic acids is 1. The lowest BCUT2D eigenvalue weighted by Crippen LogP contribution is -2.36. The average Bonchev–Trinajstić information content (AvgIpc) is 2.90. The van der Waals surface area contributed by atoms with E-state index in [4.69, 9.17) is 16.1 Å². The molecule has 1 aliphatic heterocycles. The molecule has 0 atom stereocenters. The van der Waals surface area contributed by atoms with Crippen LogP contribution in [0, 0.1) is 5.92 Å². The molecule has 5 heteroatoms. The van der Waals surface area contributed by atoms with Crippen molar-refractivity contribution in [2.75, 3.05) is 6.54 Å². The van der Waals surface area contributed by atoms with E-state index in [-0.39, 0.29) is 5.91 Å². The number of hydrogen-bond donors (Lipinski definition) is 0. The molecule has 0 saturated carbocycles. The molecular formula is C17H19ClN2O2. The molecule has 0 saturated heterocycles. The van der Waals surface area contributed by atoms with Crippen molar-refractivity contribution < 1.29 is 9.32 Å². The summed E-state index contributed by atoms with van der Waals surface area (Å²) in [5.74, 6) is 1.31. The number of aromatic nitrogens is 1. The number of rotatable bonds is 3. The van der Waals surface area contributed by atoms with Gasteiger partial charge in [0.15, 0.2) is 5.76 Å². The van der Waals surface area contributed by atoms with E-state index < -0.39 is 0 Å². The van der Waals surface area contributed by atoms with Gasteiger partial charge in [0.2, 0.25) is 5.91 Å². The van der Waals surface area contributed by atoms with Gasteiger partial charge in [0.25, 0.3) is 0 Å². The highest BCUT2D eigenvalue weighted by molar-refractivity contribution is 6.30.